The van der Waals surface area contributed by atoms with Crippen LogP contribution in [0.5, 0.6) is 0 Å². The Morgan fingerprint density at radius 3 is 2.46 bits per heavy atom. The summed E-state index contributed by atoms with van der Waals surface area (Å²) in [5.74, 6) is 0. The van der Waals surface area contributed by atoms with Crippen molar-refractivity contribution in [1.82, 2.24) is 0 Å². The van der Waals surface area contributed by atoms with Gasteiger partial charge in [-0.15, -0.1) is 0 Å². The van der Waals surface area contributed by atoms with E-state index in [0.717, 1.165) is 6.61 Å². The zero-order valence-corrected chi connectivity index (χ0v) is 11.7. The molecule has 1 aliphatic heterocycles. The van der Waals surface area contributed by atoms with Crippen LogP contribution in [0.1, 0.15) is 52.9 Å². The third kappa shape index (κ3) is 4.27. The first kappa shape index (κ1) is 11.3. The molecule has 0 N–H and O–H groups in total. The predicted molar refractivity (Wildman–Crippen MR) is 61.2 cm³/mol. The van der Waals surface area contributed by atoms with E-state index in [1.807, 2.05) is 0 Å². The van der Waals surface area contributed by atoms with Gasteiger partial charge in [0.05, 0.1) is 0 Å². The summed E-state index contributed by atoms with van der Waals surface area (Å²) in [7, 11) is 1.20. The van der Waals surface area contributed by atoms with Crippen LogP contribution in [0.2, 0.25) is 0 Å². The third-order valence-corrected chi connectivity index (χ3v) is 4.24. The average Bonchev–Trinajstić information content (AvgIpc) is 2.02. The molecular weight excluding hydrogens is 176 g/mol. The Labute approximate surface area is 85.7 Å². The molecule has 1 rings (SSSR count). The van der Waals surface area contributed by atoms with Crippen LogP contribution >= 0.6 is 0 Å². The molecule has 2 heteroatoms. The largest absolute Gasteiger partial charge is 0.380 e. The van der Waals surface area contributed by atoms with E-state index in [1.165, 1.54) is 42.3 Å². The predicted octanol–water partition coefficient (Wildman–Crippen LogP) is 2.07. The summed E-state index contributed by atoms with van der Waals surface area (Å²) >= 11 is 0. The van der Waals surface area contributed by atoms with Crippen molar-refractivity contribution in [2.45, 2.75) is 58.1 Å². The molecule has 1 aliphatic rings. The molecule has 1 heterocycles. The van der Waals surface area contributed by atoms with Gasteiger partial charge in [0.15, 0.2) is 0 Å². The van der Waals surface area contributed by atoms with Crippen LogP contribution in [0.15, 0.2) is 0 Å². The molecule has 0 aliphatic carbocycles. The lowest BCUT2D eigenvalue weighted by atomic mass is 9.87. The van der Waals surface area contributed by atoms with Gasteiger partial charge in [0.1, 0.15) is 0 Å². The van der Waals surface area contributed by atoms with Gasteiger partial charge in [0, 0.05) is 22.1 Å². The van der Waals surface area contributed by atoms with Crippen molar-refractivity contribution in [1.29, 1.82) is 0 Å². The van der Waals surface area contributed by atoms with Gasteiger partial charge in [-0.1, -0.05) is 20.8 Å². The minimum absolute atomic E-state index is 0.325. The van der Waals surface area contributed by atoms with Crippen molar-refractivity contribution in [3.8, 4) is 0 Å². The molecule has 0 bridgehead atoms. The first-order valence-corrected chi connectivity index (χ1v) is 6.55. The maximum absolute atomic E-state index is 5.92. The highest BCUT2D eigenvalue weighted by Crippen LogP contribution is 2.31. The zero-order chi connectivity index (χ0) is 9.95. The van der Waals surface area contributed by atoms with E-state index in [2.05, 4.69) is 20.8 Å². The Balaban J connectivity index is 2.33. The Morgan fingerprint density at radius 1 is 1.31 bits per heavy atom. The fourth-order valence-corrected chi connectivity index (χ4v) is 2.64. The molecule has 0 aromatic rings. The second-order valence-electron chi connectivity index (χ2n) is 5.82. The van der Waals surface area contributed by atoms with Gasteiger partial charge in [-0.2, -0.15) is 0 Å². The molecule has 0 saturated carbocycles. The summed E-state index contributed by atoms with van der Waals surface area (Å²) in [5, 5.41) is 0.325. The Morgan fingerprint density at radius 2 is 2.00 bits per heavy atom. The summed E-state index contributed by atoms with van der Waals surface area (Å²) in [6.07, 6.45) is 6.56. The van der Waals surface area contributed by atoms with E-state index in [0.29, 0.717) is 10.6 Å². The molecule has 0 amide bonds. The van der Waals surface area contributed by atoms with Crippen LogP contribution in [-0.4, -0.2) is 22.1 Å². The second-order valence-corrected chi connectivity index (χ2v) is 7.64. The first-order valence-electron chi connectivity index (χ1n) is 5.55. The normalized spacial score (nSPS) is 30.7. The fraction of sp³-hybridized carbons (Fsp3) is 1.00. The summed E-state index contributed by atoms with van der Waals surface area (Å²) in [5.41, 5.74) is 0.470. The van der Waals surface area contributed by atoms with Crippen LogP contribution in [0.3, 0.4) is 0 Å². The van der Waals surface area contributed by atoms with Crippen molar-refractivity contribution in [2.75, 3.05) is 6.61 Å². The Bertz CT molecular complexity index is 154. The molecule has 0 aromatic carbocycles. The van der Waals surface area contributed by atoms with Gasteiger partial charge in [-0.25, -0.2) is 0 Å². The number of hydrogen-bond donors (Lipinski definition) is 0. The van der Waals surface area contributed by atoms with Crippen molar-refractivity contribution in [3.63, 3.8) is 0 Å². The van der Waals surface area contributed by atoms with E-state index in [9.17, 15) is 0 Å². The van der Waals surface area contributed by atoms with Gasteiger partial charge < -0.3 is 4.74 Å². The number of hydrogen-bond acceptors (Lipinski definition) is 1. The summed E-state index contributed by atoms with van der Waals surface area (Å²) in [6, 6.07) is 0. The van der Waals surface area contributed by atoms with Crippen LogP contribution < -0.4 is 0 Å². The quantitative estimate of drug-likeness (QED) is 0.620. The highest BCUT2D eigenvalue weighted by Gasteiger charge is 2.28. The molecule has 0 radical (unpaired) electrons. The van der Waals surface area contributed by atoms with Crippen molar-refractivity contribution in [3.05, 3.63) is 0 Å². The van der Waals surface area contributed by atoms with E-state index in [-0.39, 0.29) is 0 Å². The standard InChI is InChI=1S/C11H24OSi/c1-10(2,3)7-8-11(13)6-4-5-9-12-11/h4-9H2,1-3,13H3. The molecule has 0 spiro atoms. The van der Waals surface area contributed by atoms with Gasteiger partial charge in [-0.3, -0.25) is 0 Å². The molecule has 0 aromatic heterocycles. The zero-order valence-electron chi connectivity index (χ0n) is 9.65. The first-order chi connectivity index (χ1) is 5.91. The van der Waals surface area contributed by atoms with Crippen LogP contribution in [0.25, 0.3) is 0 Å². The third-order valence-electron chi connectivity index (χ3n) is 2.95. The van der Waals surface area contributed by atoms with Gasteiger partial charge in [-0.05, 0) is 37.5 Å². The van der Waals surface area contributed by atoms with Crippen LogP contribution in [0.4, 0.5) is 0 Å². The van der Waals surface area contributed by atoms with E-state index in [1.54, 1.807) is 0 Å². The second kappa shape index (κ2) is 4.14. The number of rotatable bonds is 2. The van der Waals surface area contributed by atoms with E-state index in [4.69, 9.17) is 4.74 Å². The smallest absolute Gasteiger partial charge is 0.0486 e. The summed E-state index contributed by atoms with van der Waals surface area (Å²) < 4.78 is 5.92. The lowest BCUT2D eigenvalue weighted by Gasteiger charge is -2.36. The lowest BCUT2D eigenvalue weighted by Crippen LogP contribution is -2.37. The van der Waals surface area contributed by atoms with Crippen molar-refractivity contribution in [2.24, 2.45) is 5.41 Å². The molecule has 78 valence electrons. The monoisotopic (exact) mass is 200 g/mol. The molecular formula is C11H24OSi. The van der Waals surface area contributed by atoms with Gasteiger partial charge in [0.2, 0.25) is 0 Å². The molecule has 1 saturated heterocycles. The highest BCUT2D eigenvalue weighted by atomic mass is 28.1. The molecule has 1 atom stereocenters. The van der Waals surface area contributed by atoms with Crippen LogP contribution in [-0.2, 0) is 4.74 Å². The maximum atomic E-state index is 5.92. The lowest BCUT2D eigenvalue weighted by molar-refractivity contribution is -0.0282. The maximum Gasteiger partial charge on any atom is 0.0486 e. The minimum Gasteiger partial charge on any atom is -0.380 e. The Kier molecular flexibility index (Phi) is 3.58. The molecule has 13 heavy (non-hydrogen) atoms. The van der Waals surface area contributed by atoms with Crippen LogP contribution in [0, 0.1) is 5.41 Å². The molecule has 1 fully saturated rings. The average molecular weight is 200 g/mol. The topological polar surface area (TPSA) is 9.23 Å². The van der Waals surface area contributed by atoms with Gasteiger partial charge >= 0.3 is 0 Å². The molecule has 1 unspecified atom stereocenters. The molecule has 1 nitrogen and oxygen atoms in total. The fourth-order valence-electron chi connectivity index (χ4n) is 1.83. The SMILES string of the molecule is CC(C)(C)CCC1([SiH3])CCCCO1. The highest BCUT2D eigenvalue weighted by molar-refractivity contribution is 6.14. The minimum atomic E-state index is 0.325. The van der Waals surface area contributed by atoms with Crippen molar-refractivity contribution >= 4 is 10.2 Å². The van der Waals surface area contributed by atoms with Gasteiger partial charge in [0.25, 0.3) is 0 Å². The summed E-state index contributed by atoms with van der Waals surface area (Å²) in [4.78, 5) is 0. The summed E-state index contributed by atoms with van der Waals surface area (Å²) in [6.45, 7) is 7.97. The van der Waals surface area contributed by atoms with E-state index < -0.39 is 0 Å². The number of ether oxygens (including phenoxy) is 1. The Hall–Kier alpha value is 0.177. The van der Waals surface area contributed by atoms with Crippen molar-refractivity contribution < 1.29 is 4.74 Å². The van der Waals surface area contributed by atoms with E-state index >= 15 is 0 Å².